The Morgan fingerprint density at radius 2 is 1.54 bits per heavy atom. The average Bonchev–Trinajstić information content (AvgIpc) is 3.10. The van der Waals surface area contributed by atoms with Crippen LogP contribution in [0.25, 0.3) is 0 Å². The number of imide groups is 1. The van der Waals surface area contributed by atoms with Crippen LogP contribution in [-0.2, 0) is 25.7 Å². The molecule has 0 aliphatic carbocycles. The van der Waals surface area contributed by atoms with Gasteiger partial charge in [0, 0.05) is 12.2 Å². The molecule has 1 aliphatic heterocycles. The first kappa shape index (κ1) is 27.9. The summed E-state index contributed by atoms with van der Waals surface area (Å²) in [6, 6.07) is 6.89. The Hall–Kier alpha value is -3.36. The maximum absolute atomic E-state index is 13.0. The molecule has 0 fully saturated rings. The molecule has 1 aromatic rings. The van der Waals surface area contributed by atoms with Crippen molar-refractivity contribution in [3.8, 4) is 5.75 Å². The summed E-state index contributed by atoms with van der Waals surface area (Å²) in [7, 11) is 0. The third-order valence-electron chi connectivity index (χ3n) is 5.27. The van der Waals surface area contributed by atoms with Crippen molar-refractivity contribution in [2.45, 2.75) is 84.5 Å². The number of carbonyl (C=O) groups is 4. The molecule has 0 bridgehead atoms. The van der Waals surface area contributed by atoms with E-state index in [-0.39, 0.29) is 6.54 Å². The second kappa shape index (κ2) is 12.9. The molecule has 0 saturated carbocycles. The third-order valence-corrected chi connectivity index (χ3v) is 5.27. The third kappa shape index (κ3) is 8.73. The largest absolute Gasteiger partial charge is 0.494 e. The molecule has 1 heterocycles. The van der Waals surface area contributed by atoms with E-state index in [9.17, 15) is 24.3 Å². The maximum atomic E-state index is 13.0. The van der Waals surface area contributed by atoms with Crippen LogP contribution in [0.5, 0.6) is 5.75 Å². The van der Waals surface area contributed by atoms with E-state index in [2.05, 4.69) is 6.92 Å². The van der Waals surface area contributed by atoms with E-state index in [1.54, 1.807) is 45.0 Å². The van der Waals surface area contributed by atoms with Crippen LogP contribution in [0.2, 0.25) is 0 Å². The van der Waals surface area contributed by atoms with Gasteiger partial charge in [-0.15, -0.1) is 0 Å². The fraction of sp³-hybridized carbons (Fsp3) is 0.538. The minimum atomic E-state index is -1.86. The van der Waals surface area contributed by atoms with E-state index in [0.29, 0.717) is 22.8 Å². The van der Waals surface area contributed by atoms with Gasteiger partial charge in [-0.1, -0.05) is 51.2 Å². The summed E-state index contributed by atoms with van der Waals surface area (Å²) in [5, 5.41) is 9.85. The first-order chi connectivity index (χ1) is 16.5. The number of hydrogen-bond donors (Lipinski definition) is 1. The van der Waals surface area contributed by atoms with Crippen LogP contribution < -0.4 is 4.74 Å². The lowest BCUT2D eigenvalue weighted by molar-refractivity contribution is -0.161. The van der Waals surface area contributed by atoms with Crippen LogP contribution in [-0.4, -0.2) is 57.2 Å². The topological polar surface area (TPSA) is 113 Å². The van der Waals surface area contributed by atoms with Gasteiger partial charge in [0.2, 0.25) is 6.17 Å². The number of nitrogens with zero attached hydrogens (tertiary/aromatic N) is 2. The highest BCUT2D eigenvalue weighted by Crippen LogP contribution is 2.22. The number of ether oxygens (including phenoxy) is 2. The smallest absolute Gasteiger partial charge is 0.412 e. The van der Waals surface area contributed by atoms with Crippen LogP contribution in [0.4, 0.5) is 4.79 Å². The molecule has 35 heavy (non-hydrogen) atoms. The molecule has 1 aromatic carbocycles. The SMILES string of the molecule is CCCCCCCCOc1ccc(CN(C(=O)OC(C)(C)C)C(C(=O)O)N2C(=O)C=CC2=O)cc1. The second-order valence-electron chi connectivity index (χ2n) is 9.46. The Balaban J connectivity index is 2.12. The Kier molecular flexibility index (Phi) is 10.3. The molecule has 192 valence electrons. The first-order valence-corrected chi connectivity index (χ1v) is 12.0. The van der Waals surface area contributed by atoms with E-state index in [4.69, 9.17) is 9.47 Å². The van der Waals surface area contributed by atoms with E-state index in [0.717, 1.165) is 29.9 Å². The highest BCUT2D eigenvalue weighted by molar-refractivity contribution is 6.14. The van der Waals surface area contributed by atoms with Gasteiger partial charge in [0.1, 0.15) is 11.4 Å². The monoisotopic (exact) mass is 488 g/mol. The summed E-state index contributed by atoms with van der Waals surface area (Å²) >= 11 is 0. The predicted molar refractivity (Wildman–Crippen MR) is 130 cm³/mol. The van der Waals surface area contributed by atoms with Crippen molar-refractivity contribution in [2.75, 3.05) is 6.61 Å². The quantitative estimate of drug-likeness (QED) is 0.321. The number of amides is 3. The Morgan fingerprint density at radius 1 is 0.971 bits per heavy atom. The van der Waals surface area contributed by atoms with Crippen molar-refractivity contribution < 1.29 is 33.8 Å². The summed E-state index contributed by atoms with van der Waals surface area (Å²) < 4.78 is 11.2. The molecule has 1 atom stereocenters. The van der Waals surface area contributed by atoms with Gasteiger partial charge in [0.05, 0.1) is 13.2 Å². The standard InChI is InChI=1S/C26H36N2O7/c1-5-6-7-8-9-10-17-34-20-13-11-19(12-14-20)18-27(25(33)35-26(2,3)4)23(24(31)32)28-21(29)15-16-22(28)30/h11-16,23H,5-10,17-18H2,1-4H3,(H,31,32). The van der Waals surface area contributed by atoms with Gasteiger partial charge < -0.3 is 14.6 Å². The van der Waals surface area contributed by atoms with Crippen LogP contribution >= 0.6 is 0 Å². The lowest BCUT2D eigenvalue weighted by Gasteiger charge is -2.34. The molecular formula is C26H36N2O7. The van der Waals surface area contributed by atoms with Gasteiger partial charge in [-0.05, 0) is 44.9 Å². The van der Waals surface area contributed by atoms with Crippen molar-refractivity contribution in [2.24, 2.45) is 0 Å². The fourth-order valence-electron chi connectivity index (χ4n) is 3.57. The van der Waals surface area contributed by atoms with Gasteiger partial charge >= 0.3 is 12.1 Å². The number of carboxylic acid groups (broad SMARTS) is 1. The molecule has 1 aliphatic rings. The molecule has 0 spiro atoms. The highest BCUT2D eigenvalue weighted by Gasteiger charge is 2.43. The zero-order valence-electron chi connectivity index (χ0n) is 21.0. The van der Waals surface area contributed by atoms with Crippen molar-refractivity contribution in [1.29, 1.82) is 0 Å². The minimum Gasteiger partial charge on any atom is -0.494 e. The summed E-state index contributed by atoms with van der Waals surface area (Å²) in [5.41, 5.74) is -0.328. The van der Waals surface area contributed by atoms with Crippen molar-refractivity contribution in [3.05, 3.63) is 42.0 Å². The molecule has 0 saturated heterocycles. The number of benzene rings is 1. The van der Waals surface area contributed by atoms with Crippen molar-refractivity contribution in [3.63, 3.8) is 0 Å². The zero-order valence-corrected chi connectivity index (χ0v) is 21.0. The van der Waals surface area contributed by atoms with Gasteiger partial charge in [-0.2, -0.15) is 0 Å². The number of aliphatic carboxylic acids is 1. The summed E-state index contributed by atoms with van der Waals surface area (Å²) in [4.78, 5) is 50.9. The first-order valence-electron chi connectivity index (χ1n) is 12.0. The summed E-state index contributed by atoms with van der Waals surface area (Å²) in [5.74, 6) is -2.49. The van der Waals surface area contributed by atoms with Crippen LogP contribution in [0.15, 0.2) is 36.4 Å². The normalized spacial score (nSPS) is 14.2. The molecule has 9 heteroatoms. The van der Waals surface area contributed by atoms with E-state index in [1.807, 2.05) is 0 Å². The van der Waals surface area contributed by atoms with E-state index >= 15 is 0 Å². The highest BCUT2D eigenvalue weighted by atomic mass is 16.6. The number of hydrogen-bond acceptors (Lipinski definition) is 6. The molecule has 3 amide bonds. The Labute approximate surface area is 206 Å². The molecule has 0 radical (unpaired) electrons. The van der Waals surface area contributed by atoms with Crippen LogP contribution in [0, 0.1) is 0 Å². The molecule has 1 unspecified atom stereocenters. The lowest BCUT2D eigenvalue weighted by atomic mass is 10.1. The van der Waals surface area contributed by atoms with E-state index < -0.39 is 35.6 Å². The second-order valence-corrected chi connectivity index (χ2v) is 9.46. The number of carbonyl (C=O) groups excluding carboxylic acids is 3. The lowest BCUT2D eigenvalue weighted by Crippen LogP contribution is -2.57. The molecule has 9 nitrogen and oxygen atoms in total. The zero-order chi connectivity index (χ0) is 26.0. The molecule has 0 aromatic heterocycles. The maximum Gasteiger partial charge on any atom is 0.412 e. The Bertz CT molecular complexity index is 901. The van der Waals surface area contributed by atoms with Gasteiger partial charge in [0.25, 0.3) is 11.8 Å². The predicted octanol–water partition coefficient (Wildman–Crippen LogP) is 4.50. The minimum absolute atomic E-state index is 0.194. The molecule has 2 rings (SSSR count). The van der Waals surface area contributed by atoms with E-state index in [1.165, 1.54) is 25.7 Å². The molecular weight excluding hydrogens is 452 g/mol. The Morgan fingerprint density at radius 3 is 2.09 bits per heavy atom. The number of unbranched alkanes of at least 4 members (excludes halogenated alkanes) is 5. The van der Waals surface area contributed by atoms with Gasteiger partial charge in [-0.3, -0.25) is 14.5 Å². The fourth-order valence-corrected chi connectivity index (χ4v) is 3.57. The van der Waals surface area contributed by atoms with Gasteiger partial charge in [-0.25, -0.2) is 14.5 Å². The van der Waals surface area contributed by atoms with Crippen LogP contribution in [0.1, 0.15) is 71.8 Å². The summed E-state index contributed by atoms with van der Waals surface area (Å²) in [6.45, 7) is 7.51. The van der Waals surface area contributed by atoms with Crippen molar-refractivity contribution in [1.82, 2.24) is 9.80 Å². The number of carboxylic acids is 1. The number of rotatable bonds is 13. The molecule has 1 N–H and O–H groups in total. The average molecular weight is 489 g/mol. The van der Waals surface area contributed by atoms with Crippen LogP contribution in [0.3, 0.4) is 0 Å². The van der Waals surface area contributed by atoms with Crippen molar-refractivity contribution >= 4 is 23.9 Å². The van der Waals surface area contributed by atoms with Gasteiger partial charge in [0.15, 0.2) is 0 Å². The summed E-state index contributed by atoms with van der Waals surface area (Å²) in [6.07, 6.45) is 6.10.